The highest BCUT2D eigenvalue weighted by Gasteiger charge is 2.18. The van der Waals surface area contributed by atoms with Gasteiger partial charge in [-0.15, -0.1) is 0 Å². The van der Waals surface area contributed by atoms with Crippen molar-refractivity contribution in [3.05, 3.63) is 81.5 Å². The second-order valence-corrected chi connectivity index (χ2v) is 10.7. The van der Waals surface area contributed by atoms with Crippen molar-refractivity contribution >= 4 is 58.3 Å². The van der Waals surface area contributed by atoms with Crippen LogP contribution in [-0.2, 0) is 0 Å². The van der Waals surface area contributed by atoms with Crippen LogP contribution in [0.5, 0.6) is 5.75 Å². The number of aromatic nitrogens is 2. The van der Waals surface area contributed by atoms with Crippen LogP contribution in [0, 0.1) is 5.41 Å². The number of nitrogens with two attached hydrogens (primary N) is 1. The number of hydrogen-bond donors (Lipinski definition) is 2. The number of nitrogens with one attached hydrogen (secondary N) is 1. The number of nitrogens with zero attached hydrogens (tertiary/aromatic N) is 3. The lowest BCUT2D eigenvalue weighted by Crippen LogP contribution is -2.32. The Hall–Kier alpha value is -2.81. The van der Waals surface area contributed by atoms with Gasteiger partial charge >= 0.3 is 0 Å². The molecule has 0 amide bonds. The number of rotatable bonds is 7. The maximum Gasteiger partial charge on any atom is 0.149 e. The fourth-order valence-electron chi connectivity index (χ4n) is 3.71. The summed E-state index contributed by atoms with van der Waals surface area (Å²) in [5.41, 5.74) is 7.32. The predicted octanol–water partition coefficient (Wildman–Crippen LogP) is 7.85. The number of benzene rings is 1. The molecule has 1 aliphatic heterocycles. The maximum atomic E-state index is 15.0. The number of pyridine rings is 2. The molecule has 202 valence electrons. The molecule has 4 rings (SSSR count). The summed E-state index contributed by atoms with van der Waals surface area (Å²) in [6.45, 7) is 7.93. The van der Waals surface area contributed by atoms with Crippen molar-refractivity contribution in [3.63, 3.8) is 0 Å². The molecule has 1 fully saturated rings. The molecule has 6 nitrogen and oxygen atoms in total. The fourth-order valence-corrected chi connectivity index (χ4v) is 5.28. The number of hydrogen-bond acceptors (Lipinski definition) is 7. The third-order valence-electron chi connectivity index (χ3n) is 5.54. The minimum Gasteiger partial charge on any atom is -0.486 e. The van der Waals surface area contributed by atoms with E-state index in [0.717, 1.165) is 30.4 Å². The monoisotopic (exact) mass is 575 g/mol. The van der Waals surface area contributed by atoms with Crippen molar-refractivity contribution in [1.82, 2.24) is 9.97 Å². The van der Waals surface area contributed by atoms with Crippen molar-refractivity contribution in [2.45, 2.75) is 33.3 Å². The highest BCUT2D eigenvalue weighted by Crippen LogP contribution is 2.33. The lowest BCUT2D eigenvalue weighted by atomic mass is 10.0. The van der Waals surface area contributed by atoms with Gasteiger partial charge in [-0.2, -0.15) is 11.8 Å². The quantitative estimate of drug-likeness (QED) is 0.220. The highest BCUT2D eigenvalue weighted by molar-refractivity contribution is 7.99. The van der Waals surface area contributed by atoms with E-state index in [0.29, 0.717) is 26.9 Å². The molecule has 38 heavy (non-hydrogen) atoms. The zero-order valence-electron chi connectivity index (χ0n) is 21.7. The van der Waals surface area contributed by atoms with E-state index in [9.17, 15) is 0 Å². The van der Waals surface area contributed by atoms with Crippen LogP contribution in [0.3, 0.4) is 0 Å². The van der Waals surface area contributed by atoms with E-state index in [-0.39, 0.29) is 17.0 Å². The van der Waals surface area contributed by atoms with Gasteiger partial charge in [0.25, 0.3) is 0 Å². The van der Waals surface area contributed by atoms with Gasteiger partial charge in [0.15, 0.2) is 0 Å². The molecule has 0 saturated carbocycles. The Kier molecular flexibility index (Phi) is 11.2. The zero-order chi connectivity index (χ0) is 27.7. The molecule has 3 heterocycles. The van der Waals surface area contributed by atoms with Crippen LogP contribution in [0.2, 0.25) is 10.0 Å². The van der Waals surface area contributed by atoms with Crippen molar-refractivity contribution in [2.24, 2.45) is 0 Å². The van der Waals surface area contributed by atoms with Gasteiger partial charge in [-0.25, -0.2) is 9.37 Å². The van der Waals surface area contributed by atoms with Gasteiger partial charge in [-0.05, 0) is 48.9 Å². The van der Waals surface area contributed by atoms with Crippen LogP contribution in [-0.4, -0.2) is 40.3 Å². The van der Waals surface area contributed by atoms with Gasteiger partial charge in [0.1, 0.15) is 23.5 Å². The molecule has 1 saturated heterocycles. The lowest BCUT2D eigenvalue weighted by Gasteiger charge is -2.27. The van der Waals surface area contributed by atoms with E-state index >= 15 is 4.39 Å². The number of thioether (sulfide) groups is 1. The Bertz CT molecular complexity index is 1250. The van der Waals surface area contributed by atoms with E-state index in [1.165, 1.54) is 31.0 Å². The molecular weight excluding hydrogens is 544 g/mol. The molecule has 0 bridgehead atoms. The van der Waals surface area contributed by atoms with Crippen LogP contribution in [0.15, 0.2) is 54.7 Å². The number of anilines is 2. The van der Waals surface area contributed by atoms with Gasteiger partial charge < -0.3 is 15.4 Å². The summed E-state index contributed by atoms with van der Waals surface area (Å²) in [5.74, 6) is 2.68. The summed E-state index contributed by atoms with van der Waals surface area (Å²) in [7, 11) is 0. The zero-order valence-corrected chi connectivity index (χ0v) is 24.0. The van der Waals surface area contributed by atoms with E-state index in [1.807, 2.05) is 17.8 Å². The second-order valence-electron chi connectivity index (χ2n) is 8.65. The summed E-state index contributed by atoms with van der Waals surface area (Å²) in [6, 6.07) is 8.42. The summed E-state index contributed by atoms with van der Waals surface area (Å²) in [5, 5.41) is 9.13. The lowest BCUT2D eigenvalue weighted by molar-refractivity contribution is 0.227. The normalized spacial score (nSPS) is 14.4. The Balaban J connectivity index is 0.00000127. The molecule has 0 spiro atoms. The predicted molar refractivity (Wildman–Crippen MR) is 160 cm³/mol. The molecule has 1 aliphatic rings. The smallest absolute Gasteiger partial charge is 0.149 e. The largest absolute Gasteiger partial charge is 0.486 e. The molecule has 1 atom stereocenters. The second kappa shape index (κ2) is 14.4. The van der Waals surface area contributed by atoms with Crippen LogP contribution >= 0.6 is 35.0 Å². The maximum absolute atomic E-state index is 15.0. The van der Waals surface area contributed by atoms with Crippen LogP contribution in [0.1, 0.15) is 50.0 Å². The average Bonchev–Trinajstić information content (AvgIpc) is 2.90. The number of allylic oxidation sites excluding steroid dienone is 1. The van der Waals surface area contributed by atoms with Gasteiger partial charge in [-0.1, -0.05) is 43.5 Å². The Morgan fingerprint density at radius 2 is 1.82 bits per heavy atom. The van der Waals surface area contributed by atoms with Gasteiger partial charge in [-0.3, -0.25) is 10.4 Å². The molecule has 3 N–H and O–H groups in total. The first-order valence-electron chi connectivity index (χ1n) is 12.3. The van der Waals surface area contributed by atoms with Gasteiger partial charge in [0.2, 0.25) is 0 Å². The minimum absolute atomic E-state index is 0.214. The molecule has 0 aliphatic carbocycles. The van der Waals surface area contributed by atoms with Gasteiger partial charge in [0, 0.05) is 60.0 Å². The third kappa shape index (κ3) is 7.85. The first-order chi connectivity index (χ1) is 18.2. The van der Waals surface area contributed by atoms with Crippen LogP contribution < -0.4 is 15.4 Å². The first-order valence-corrected chi connectivity index (χ1v) is 14.3. The molecule has 1 aromatic carbocycles. The van der Waals surface area contributed by atoms with Crippen molar-refractivity contribution in [2.75, 3.05) is 35.2 Å². The molecule has 2 aromatic heterocycles. The third-order valence-corrected chi connectivity index (χ3v) is 7.09. The molecule has 1 unspecified atom stereocenters. The van der Waals surface area contributed by atoms with E-state index in [4.69, 9.17) is 39.1 Å². The summed E-state index contributed by atoms with van der Waals surface area (Å²) < 4.78 is 21.0. The van der Waals surface area contributed by atoms with Crippen molar-refractivity contribution in [3.8, 4) is 5.75 Å². The SMILES string of the molecule is CC(Oc1ccc(N)c(C(=N)/C(F)=C/c2ccc(N3CCSCC3)nc2)c1)c1c(Cl)cncc1Cl.CCC. The number of nitrogen functional groups attached to an aromatic ring is 1. The highest BCUT2D eigenvalue weighted by atomic mass is 35.5. The Morgan fingerprint density at radius 1 is 1.16 bits per heavy atom. The molecular formula is C28H32Cl2FN5OS. The Morgan fingerprint density at radius 3 is 2.42 bits per heavy atom. The summed E-state index contributed by atoms with van der Waals surface area (Å²) in [4.78, 5) is 10.6. The van der Waals surface area contributed by atoms with Crippen molar-refractivity contribution < 1.29 is 9.13 Å². The van der Waals surface area contributed by atoms with E-state index in [1.54, 1.807) is 31.3 Å². The standard InChI is InChI=1S/C25H24Cl2FN5OS.C3H8/c1-15(24-19(26)13-31-14-20(24)27)34-17-3-4-22(29)18(11-17)25(30)21(28)10-16-2-5-23(32-12-16)33-6-8-35-9-7-33;1-3-2/h2-5,10-15,30H,6-9,29H2,1H3;3H2,1-2H3/b21-10-,30-25?;. The molecule has 10 heteroatoms. The Labute approximate surface area is 237 Å². The summed E-state index contributed by atoms with van der Waals surface area (Å²) in [6.07, 6.45) is 6.60. The fraction of sp³-hybridized carbons (Fsp3) is 0.321. The minimum atomic E-state index is -0.731. The number of ether oxygens (including phenoxy) is 1. The molecule has 3 aromatic rings. The number of halogens is 3. The first kappa shape index (κ1) is 29.7. The molecule has 0 radical (unpaired) electrons. The van der Waals surface area contributed by atoms with Gasteiger partial charge in [0.05, 0.1) is 15.8 Å². The summed E-state index contributed by atoms with van der Waals surface area (Å²) >= 11 is 14.4. The van der Waals surface area contributed by atoms with E-state index in [2.05, 4.69) is 28.7 Å². The van der Waals surface area contributed by atoms with Crippen LogP contribution in [0.4, 0.5) is 15.9 Å². The van der Waals surface area contributed by atoms with Crippen molar-refractivity contribution in [1.29, 1.82) is 5.41 Å². The van der Waals surface area contributed by atoms with Crippen LogP contribution in [0.25, 0.3) is 6.08 Å². The van der Waals surface area contributed by atoms with E-state index < -0.39 is 11.9 Å². The average molecular weight is 577 g/mol. The topological polar surface area (TPSA) is 88.1 Å².